The van der Waals surface area contributed by atoms with Crippen molar-refractivity contribution in [3.63, 3.8) is 0 Å². The number of allylic oxidation sites excluding steroid dienone is 1. The summed E-state index contributed by atoms with van der Waals surface area (Å²) in [5.74, 6) is -1.50. The van der Waals surface area contributed by atoms with Crippen LogP contribution in [0.25, 0.3) is 28.4 Å². The highest BCUT2D eigenvalue weighted by atomic mass is 16.4. The second-order valence-corrected chi connectivity index (χ2v) is 5.91. The first-order valence-electron chi connectivity index (χ1n) is 7.48. The molecule has 0 spiro atoms. The number of hydrogen-bond acceptors (Lipinski definition) is 6. The molecule has 25 heavy (non-hydrogen) atoms. The molecule has 0 atom stereocenters. The average Bonchev–Trinajstić information content (AvgIpc) is 2.54. The molecule has 0 amide bonds. The van der Waals surface area contributed by atoms with Gasteiger partial charge in [-0.15, -0.1) is 0 Å². The molecule has 4 N–H and O–H groups in total. The Morgan fingerprint density at radius 2 is 1.64 bits per heavy atom. The fourth-order valence-electron chi connectivity index (χ4n) is 2.58. The third kappa shape index (κ3) is 2.78. The Hall–Kier alpha value is -3.41. The number of fused-ring (bicyclic) bond motifs is 1. The van der Waals surface area contributed by atoms with Crippen molar-refractivity contribution in [2.24, 2.45) is 0 Å². The minimum absolute atomic E-state index is 0.0203. The number of aromatic hydroxyl groups is 4. The van der Waals surface area contributed by atoms with E-state index in [1.54, 1.807) is 19.9 Å². The molecule has 6 heteroatoms. The molecular weight excluding hydrogens is 324 g/mol. The van der Waals surface area contributed by atoms with Crippen molar-refractivity contribution in [2.45, 2.75) is 13.8 Å². The molecule has 3 rings (SSSR count). The van der Waals surface area contributed by atoms with E-state index in [1.165, 1.54) is 24.3 Å². The highest BCUT2D eigenvalue weighted by Gasteiger charge is 2.21. The molecular formula is C19H16O6. The van der Waals surface area contributed by atoms with Crippen molar-refractivity contribution in [3.05, 3.63) is 51.7 Å². The van der Waals surface area contributed by atoms with Crippen molar-refractivity contribution in [2.75, 3.05) is 0 Å². The SMILES string of the molecule is CC(C)=Cc1c(O)cc(O)c2c(=O)c(O)c(-c3ccc(O)cc3)oc12. The summed E-state index contributed by atoms with van der Waals surface area (Å²) in [5.41, 5.74) is 0.573. The van der Waals surface area contributed by atoms with Gasteiger partial charge >= 0.3 is 0 Å². The van der Waals surface area contributed by atoms with E-state index < -0.39 is 16.9 Å². The maximum Gasteiger partial charge on any atom is 0.238 e. The minimum atomic E-state index is -0.815. The molecule has 2 aromatic carbocycles. The van der Waals surface area contributed by atoms with Gasteiger partial charge in [0.05, 0.1) is 5.56 Å². The topological polar surface area (TPSA) is 111 Å². The van der Waals surface area contributed by atoms with Crippen molar-refractivity contribution < 1.29 is 24.8 Å². The number of rotatable bonds is 2. The fourth-order valence-corrected chi connectivity index (χ4v) is 2.58. The van der Waals surface area contributed by atoms with Crippen LogP contribution in [0.1, 0.15) is 19.4 Å². The minimum Gasteiger partial charge on any atom is -0.508 e. The van der Waals surface area contributed by atoms with E-state index >= 15 is 0 Å². The zero-order valence-electron chi connectivity index (χ0n) is 13.6. The Morgan fingerprint density at radius 1 is 1.00 bits per heavy atom. The van der Waals surface area contributed by atoms with E-state index in [4.69, 9.17) is 4.42 Å². The first kappa shape index (κ1) is 16.4. The van der Waals surface area contributed by atoms with Gasteiger partial charge in [-0.1, -0.05) is 5.57 Å². The molecule has 0 aliphatic heterocycles. The molecule has 1 aromatic heterocycles. The van der Waals surface area contributed by atoms with Crippen LogP contribution in [0.4, 0.5) is 0 Å². The molecule has 0 bridgehead atoms. The lowest BCUT2D eigenvalue weighted by atomic mass is 10.0. The predicted octanol–water partition coefficient (Wildman–Crippen LogP) is 3.71. The summed E-state index contributed by atoms with van der Waals surface area (Å²) in [5, 5.41) is 39.6. The zero-order valence-corrected chi connectivity index (χ0v) is 13.6. The van der Waals surface area contributed by atoms with E-state index in [2.05, 4.69) is 0 Å². The van der Waals surface area contributed by atoms with E-state index in [1.807, 2.05) is 0 Å². The van der Waals surface area contributed by atoms with Crippen LogP contribution in [-0.4, -0.2) is 20.4 Å². The van der Waals surface area contributed by atoms with E-state index in [-0.39, 0.29) is 33.8 Å². The third-order valence-corrected chi connectivity index (χ3v) is 3.70. The quantitative estimate of drug-likeness (QED) is 0.566. The van der Waals surface area contributed by atoms with Crippen LogP contribution in [0.2, 0.25) is 0 Å². The Balaban J connectivity index is 2.46. The molecule has 0 saturated carbocycles. The summed E-state index contributed by atoms with van der Waals surface area (Å²) in [6.45, 7) is 3.61. The number of benzene rings is 2. The van der Waals surface area contributed by atoms with Gasteiger partial charge in [0.2, 0.25) is 11.2 Å². The van der Waals surface area contributed by atoms with Crippen LogP contribution >= 0.6 is 0 Å². The van der Waals surface area contributed by atoms with Crippen molar-refractivity contribution in [1.82, 2.24) is 0 Å². The van der Waals surface area contributed by atoms with Crippen molar-refractivity contribution in [1.29, 1.82) is 0 Å². The predicted molar refractivity (Wildman–Crippen MR) is 93.9 cm³/mol. The largest absolute Gasteiger partial charge is 0.508 e. The average molecular weight is 340 g/mol. The van der Waals surface area contributed by atoms with Crippen LogP contribution in [0.3, 0.4) is 0 Å². The van der Waals surface area contributed by atoms with Gasteiger partial charge in [-0.3, -0.25) is 4.79 Å². The standard InChI is InChI=1S/C19H16O6/c1-9(2)7-12-13(21)8-14(22)15-16(23)17(24)18(25-19(12)15)10-3-5-11(20)6-4-10/h3-8,20-22,24H,1-2H3. The number of hydrogen-bond donors (Lipinski definition) is 4. The highest BCUT2D eigenvalue weighted by molar-refractivity contribution is 5.95. The Morgan fingerprint density at radius 3 is 2.24 bits per heavy atom. The zero-order chi connectivity index (χ0) is 18.3. The fraction of sp³-hybridized carbons (Fsp3) is 0.105. The van der Waals surface area contributed by atoms with Crippen LogP contribution in [-0.2, 0) is 0 Å². The molecule has 1 heterocycles. The van der Waals surface area contributed by atoms with Crippen LogP contribution in [0.5, 0.6) is 23.0 Å². The summed E-state index contributed by atoms with van der Waals surface area (Å²) in [7, 11) is 0. The molecule has 0 aliphatic rings. The van der Waals surface area contributed by atoms with Gasteiger partial charge in [-0.2, -0.15) is 0 Å². The van der Waals surface area contributed by atoms with Crippen molar-refractivity contribution in [3.8, 4) is 34.3 Å². The molecule has 128 valence electrons. The monoisotopic (exact) mass is 340 g/mol. The van der Waals surface area contributed by atoms with Gasteiger partial charge in [0, 0.05) is 11.6 Å². The molecule has 6 nitrogen and oxygen atoms in total. The first-order chi connectivity index (χ1) is 11.8. The third-order valence-electron chi connectivity index (χ3n) is 3.70. The van der Waals surface area contributed by atoms with E-state index in [0.29, 0.717) is 5.56 Å². The lowest BCUT2D eigenvalue weighted by Gasteiger charge is -2.11. The summed E-state index contributed by atoms with van der Waals surface area (Å²) in [6, 6.07) is 6.75. The van der Waals surface area contributed by atoms with Gasteiger partial charge in [-0.05, 0) is 44.2 Å². The second kappa shape index (κ2) is 5.90. The number of phenolic OH excluding ortho intramolecular Hbond substituents is 3. The van der Waals surface area contributed by atoms with Gasteiger partial charge < -0.3 is 24.8 Å². The maximum absolute atomic E-state index is 12.5. The van der Waals surface area contributed by atoms with Gasteiger partial charge in [0.25, 0.3) is 0 Å². The molecule has 3 aromatic rings. The van der Waals surface area contributed by atoms with Crippen molar-refractivity contribution >= 4 is 17.0 Å². The molecule has 0 saturated heterocycles. The normalized spacial score (nSPS) is 10.8. The van der Waals surface area contributed by atoms with Gasteiger partial charge in [0.15, 0.2) is 11.3 Å². The van der Waals surface area contributed by atoms with Gasteiger partial charge in [0.1, 0.15) is 22.6 Å². The lowest BCUT2D eigenvalue weighted by Crippen LogP contribution is -2.04. The summed E-state index contributed by atoms with van der Waals surface area (Å²) < 4.78 is 5.70. The molecule has 0 radical (unpaired) electrons. The maximum atomic E-state index is 12.5. The van der Waals surface area contributed by atoms with Crippen LogP contribution < -0.4 is 5.43 Å². The molecule has 0 aliphatic carbocycles. The van der Waals surface area contributed by atoms with Crippen LogP contribution in [0, 0.1) is 0 Å². The van der Waals surface area contributed by atoms with Gasteiger partial charge in [-0.25, -0.2) is 0 Å². The smallest absolute Gasteiger partial charge is 0.238 e. The Bertz CT molecular complexity index is 1050. The summed E-state index contributed by atoms with van der Waals surface area (Å²) >= 11 is 0. The summed E-state index contributed by atoms with van der Waals surface area (Å²) in [4.78, 5) is 12.5. The first-order valence-corrected chi connectivity index (χ1v) is 7.48. The van der Waals surface area contributed by atoms with E-state index in [9.17, 15) is 25.2 Å². The lowest BCUT2D eigenvalue weighted by molar-refractivity contribution is 0.437. The second-order valence-electron chi connectivity index (χ2n) is 5.91. The van der Waals surface area contributed by atoms with E-state index in [0.717, 1.165) is 11.6 Å². The number of phenols is 3. The van der Waals surface area contributed by atoms with Crippen LogP contribution in [0.15, 0.2) is 45.1 Å². The summed E-state index contributed by atoms with van der Waals surface area (Å²) in [6.07, 6.45) is 1.61. The highest BCUT2D eigenvalue weighted by Crippen LogP contribution is 2.39. The molecule has 0 unspecified atom stereocenters. The Labute approximate surface area is 142 Å². The molecule has 0 fully saturated rings. The Kier molecular flexibility index (Phi) is 3.88.